The summed E-state index contributed by atoms with van der Waals surface area (Å²) in [5.74, 6) is 0.599. The van der Waals surface area contributed by atoms with E-state index < -0.39 is 12.1 Å². The Kier molecular flexibility index (Phi) is 9.91. The van der Waals surface area contributed by atoms with Gasteiger partial charge < -0.3 is 25.0 Å². The average molecular weight is 662 g/mol. The van der Waals surface area contributed by atoms with Crippen LogP contribution in [0, 0.1) is 0 Å². The molecule has 0 saturated heterocycles. The molecule has 1 amide bonds. The Bertz CT molecular complexity index is 1800. The molecule has 4 aromatic rings. The monoisotopic (exact) mass is 661 g/mol. The highest BCUT2D eigenvalue weighted by Crippen LogP contribution is 2.47. The molecule has 3 N–H and O–H groups in total. The highest BCUT2D eigenvalue weighted by molar-refractivity contribution is 5.95. The maximum absolute atomic E-state index is 14.1. The number of rotatable bonds is 11. The lowest BCUT2D eigenvalue weighted by Gasteiger charge is -2.41. The normalized spacial score (nSPS) is 19.7. The van der Waals surface area contributed by atoms with Gasteiger partial charge in [0.1, 0.15) is 17.7 Å². The lowest BCUT2D eigenvalue weighted by molar-refractivity contribution is 0.0326. The third-order valence-electron chi connectivity index (χ3n) is 10.8. The fourth-order valence-electron chi connectivity index (χ4n) is 8.08. The Morgan fingerprint density at radius 1 is 1.02 bits per heavy atom. The average Bonchev–Trinajstić information content (AvgIpc) is 3.84. The maximum atomic E-state index is 14.1. The molecular formula is C40H47N5O4. The van der Waals surface area contributed by atoms with E-state index in [9.17, 15) is 14.7 Å². The first-order valence-corrected chi connectivity index (χ1v) is 18.0. The fraction of sp³-hybridized carbons (Fsp3) is 0.450. The van der Waals surface area contributed by atoms with Gasteiger partial charge >= 0.3 is 0 Å². The van der Waals surface area contributed by atoms with E-state index >= 15 is 0 Å². The second-order valence-corrected chi connectivity index (χ2v) is 14.1. The molecule has 7 rings (SSSR count). The molecule has 9 heteroatoms. The van der Waals surface area contributed by atoms with E-state index in [2.05, 4.69) is 45.7 Å². The van der Waals surface area contributed by atoms with Crippen molar-refractivity contribution in [3.63, 3.8) is 0 Å². The van der Waals surface area contributed by atoms with Crippen molar-refractivity contribution in [3.8, 4) is 16.9 Å². The molecule has 2 saturated carbocycles. The van der Waals surface area contributed by atoms with Gasteiger partial charge in [-0.3, -0.25) is 9.59 Å². The van der Waals surface area contributed by atoms with E-state index in [0.717, 1.165) is 81.1 Å². The minimum Gasteiger partial charge on any atom is -0.487 e. The van der Waals surface area contributed by atoms with Gasteiger partial charge in [-0.1, -0.05) is 62.2 Å². The van der Waals surface area contributed by atoms with Crippen LogP contribution in [0.25, 0.3) is 11.1 Å². The molecule has 2 aromatic carbocycles. The zero-order valence-electron chi connectivity index (χ0n) is 28.3. The number of hydrogen-bond donors (Lipinski definition) is 3. The molecule has 1 unspecified atom stereocenters. The quantitative estimate of drug-likeness (QED) is 0.178. The summed E-state index contributed by atoms with van der Waals surface area (Å²) in [4.78, 5) is 36.0. The van der Waals surface area contributed by atoms with E-state index in [1.54, 1.807) is 29.2 Å². The summed E-state index contributed by atoms with van der Waals surface area (Å²) >= 11 is 0. The van der Waals surface area contributed by atoms with Crippen LogP contribution in [0.15, 0.2) is 84.3 Å². The summed E-state index contributed by atoms with van der Waals surface area (Å²) in [6, 6.07) is 17.5. The van der Waals surface area contributed by atoms with Gasteiger partial charge in [0, 0.05) is 54.8 Å². The van der Waals surface area contributed by atoms with Crippen LogP contribution < -0.4 is 20.9 Å². The third kappa shape index (κ3) is 7.33. The summed E-state index contributed by atoms with van der Waals surface area (Å²) in [5, 5.41) is 18.7. The minimum absolute atomic E-state index is 0.0293. The third-order valence-corrected chi connectivity index (χ3v) is 10.8. The van der Waals surface area contributed by atoms with Crippen molar-refractivity contribution in [2.24, 2.45) is 0 Å². The summed E-state index contributed by atoms with van der Waals surface area (Å²) in [7, 11) is 0. The largest absolute Gasteiger partial charge is 0.487 e. The van der Waals surface area contributed by atoms with Crippen molar-refractivity contribution in [1.82, 2.24) is 25.2 Å². The number of nitrogens with one attached hydrogen (secondary N) is 2. The predicted octanol–water partition coefficient (Wildman–Crippen LogP) is 6.11. The number of aromatic nitrogens is 3. The highest BCUT2D eigenvalue weighted by Gasteiger charge is 2.43. The van der Waals surface area contributed by atoms with Crippen LogP contribution >= 0.6 is 0 Å². The van der Waals surface area contributed by atoms with E-state index in [1.165, 1.54) is 11.9 Å². The molecule has 1 spiro atoms. The van der Waals surface area contributed by atoms with Gasteiger partial charge in [0.2, 0.25) is 0 Å². The van der Waals surface area contributed by atoms with E-state index in [4.69, 9.17) is 4.74 Å². The molecule has 256 valence electrons. The van der Waals surface area contributed by atoms with Gasteiger partial charge in [-0.2, -0.15) is 0 Å². The number of carbonyl (C=O) groups is 1. The first-order chi connectivity index (χ1) is 23.9. The van der Waals surface area contributed by atoms with E-state index in [0.29, 0.717) is 29.7 Å². The smallest absolute Gasteiger partial charge is 0.258 e. The molecule has 3 heterocycles. The fourth-order valence-corrected chi connectivity index (χ4v) is 8.08. The number of fused-ring (bicyclic) bond motifs is 1. The Hall–Kier alpha value is -4.34. The molecule has 1 aliphatic heterocycles. The number of carbonyl (C=O) groups excluding carboxylic acids is 1. The van der Waals surface area contributed by atoms with Crippen LogP contribution in [-0.4, -0.2) is 49.8 Å². The predicted molar refractivity (Wildman–Crippen MR) is 190 cm³/mol. The number of amides is 1. The maximum Gasteiger partial charge on any atom is 0.258 e. The second kappa shape index (κ2) is 14.6. The van der Waals surface area contributed by atoms with Crippen molar-refractivity contribution in [3.05, 3.63) is 112 Å². The number of aliphatic hydroxyl groups excluding tert-OH is 1. The van der Waals surface area contributed by atoms with Gasteiger partial charge in [0.15, 0.2) is 0 Å². The highest BCUT2D eigenvalue weighted by atomic mass is 16.5. The number of aryl methyl sites for hydroxylation is 1. The van der Waals surface area contributed by atoms with Gasteiger partial charge in [-0.25, -0.2) is 9.97 Å². The summed E-state index contributed by atoms with van der Waals surface area (Å²) in [6.45, 7) is 2.45. The number of benzene rings is 2. The molecule has 9 nitrogen and oxygen atoms in total. The van der Waals surface area contributed by atoms with Crippen LogP contribution in [0.3, 0.4) is 0 Å². The summed E-state index contributed by atoms with van der Waals surface area (Å²) < 4.78 is 8.37. The van der Waals surface area contributed by atoms with Crippen LogP contribution in [-0.2, 0) is 12.8 Å². The van der Waals surface area contributed by atoms with Crippen molar-refractivity contribution in [2.75, 3.05) is 6.54 Å². The SMILES string of the molecule is CCc1ccc2c(c1)C(NC[C@@H](O)[C@H](Cc1ccccc1)NC(=O)c1cc(-c3cncnc3)c(=O)n(C3CCCC3)c1)CC1(CCCC1)O2. The molecule has 3 aliphatic rings. The number of pyridine rings is 1. The topological polar surface area (TPSA) is 118 Å². The molecule has 3 atom stereocenters. The van der Waals surface area contributed by atoms with Crippen molar-refractivity contribution < 1.29 is 14.6 Å². The summed E-state index contributed by atoms with van der Waals surface area (Å²) in [6.07, 6.45) is 16.0. The lowest BCUT2D eigenvalue weighted by atomic mass is 9.85. The first-order valence-electron chi connectivity index (χ1n) is 18.0. The number of ether oxygens (including phenoxy) is 1. The Morgan fingerprint density at radius 3 is 2.51 bits per heavy atom. The van der Waals surface area contributed by atoms with Crippen molar-refractivity contribution in [1.29, 1.82) is 0 Å². The lowest BCUT2D eigenvalue weighted by Crippen LogP contribution is -2.50. The summed E-state index contributed by atoms with van der Waals surface area (Å²) in [5.41, 5.74) is 4.42. The van der Waals surface area contributed by atoms with Crippen LogP contribution in [0.4, 0.5) is 0 Å². The minimum atomic E-state index is -0.882. The van der Waals surface area contributed by atoms with Gasteiger partial charge in [-0.05, 0) is 74.6 Å². The van der Waals surface area contributed by atoms with Gasteiger partial charge in [0.05, 0.1) is 23.3 Å². The molecule has 2 aliphatic carbocycles. The zero-order valence-corrected chi connectivity index (χ0v) is 28.3. The van der Waals surface area contributed by atoms with Gasteiger partial charge in [0.25, 0.3) is 11.5 Å². The molecule has 49 heavy (non-hydrogen) atoms. The molecule has 0 radical (unpaired) electrons. The Morgan fingerprint density at radius 2 is 1.78 bits per heavy atom. The molecular weight excluding hydrogens is 614 g/mol. The van der Waals surface area contributed by atoms with Crippen LogP contribution in [0.1, 0.15) is 104 Å². The van der Waals surface area contributed by atoms with Crippen LogP contribution in [0.2, 0.25) is 0 Å². The first kappa shape index (κ1) is 33.2. The number of nitrogens with zero attached hydrogens (tertiary/aromatic N) is 3. The van der Waals surface area contributed by atoms with Crippen molar-refractivity contribution in [2.45, 2.75) is 107 Å². The number of aliphatic hydroxyl groups is 1. The molecule has 0 bridgehead atoms. The number of hydrogen-bond acceptors (Lipinski definition) is 7. The Balaban J connectivity index is 1.15. The molecule has 2 fully saturated rings. The molecule has 2 aromatic heterocycles. The van der Waals surface area contributed by atoms with Gasteiger partial charge in [-0.15, -0.1) is 0 Å². The Labute approximate surface area is 288 Å². The zero-order chi connectivity index (χ0) is 33.8. The second-order valence-electron chi connectivity index (χ2n) is 14.1. The van der Waals surface area contributed by atoms with E-state index in [1.807, 2.05) is 30.3 Å². The van der Waals surface area contributed by atoms with E-state index in [-0.39, 0.29) is 29.2 Å². The van der Waals surface area contributed by atoms with Crippen LogP contribution in [0.5, 0.6) is 5.75 Å². The van der Waals surface area contributed by atoms with Crippen molar-refractivity contribution >= 4 is 5.91 Å². The standard InChI is InChI=1S/C40H47N5O4/c1-2-27-14-15-37-33(18-27)35(21-40(49-37)16-8-9-17-40)43-24-36(46)34(19-28-10-4-3-5-11-28)44-38(47)29-20-32(30-22-41-26-42-23-30)39(48)45(25-29)31-12-6-7-13-31/h3-5,10-11,14-15,18,20,22-23,25-26,31,34-36,43,46H,2,6-9,12-13,16-17,19,21,24H2,1H3,(H,44,47)/t34-,35?,36+/m0/s1.